The molecule has 0 aliphatic heterocycles. The molecule has 0 aliphatic rings. The second kappa shape index (κ2) is 16.0. The Morgan fingerprint density at radius 3 is 1.67 bits per heavy atom. The minimum atomic E-state index is -1.70. The Morgan fingerprint density at radius 2 is 1.23 bits per heavy atom. The van der Waals surface area contributed by atoms with Crippen molar-refractivity contribution in [2.75, 3.05) is 10.6 Å². The third kappa shape index (κ3) is 8.00. The number of azo groups is 2. The molecule has 2 amide bonds. The number of hydrogen-bond donors (Lipinski definition) is 2. The van der Waals surface area contributed by atoms with Gasteiger partial charge >= 0.3 is 0 Å². The van der Waals surface area contributed by atoms with Gasteiger partial charge in [-0.25, -0.2) is 24.8 Å². The maximum atomic E-state index is 13.2. The smallest absolute Gasteiger partial charge is 0.258 e. The van der Waals surface area contributed by atoms with Crippen LogP contribution in [0.1, 0.15) is 19.4 Å². The number of carbonyl (C=O) groups is 4. The highest BCUT2D eigenvalue weighted by Gasteiger charge is 2.27. The molecule has 22 heteroatoms. The van der Waals surface area contributed by atoms with Crippen molar-refractivity contribution in [1.82, 2.24) is 39.5 Å². The molecule has 0 radical (unpaired) electrons. The summed E-state index contributed by atoms with van der Waals surface area (Å²) in [6.07, 6.45) is 8.16. The molecule has 52 heavy (non-hydrogen) atoms. The number of rotatable bonds is 12. The van der Waals surface area contributed by atoms with Gasteiger partial charge in [-0.2, -0.15) is 35.1 Å². The monoisotopic (exact) mass is 738 g/mol. The lowest BCUT2D eigenvalue weighted by molar-refractivity contribution is -0.127. The van der Waals surface area contributed by atoms with Gasteiger partial charge in [0.2, 0.25) is 12.1 Å². The van der Waals surface area contributed by atoms with E-state index in [0.29, 0.717) is 0 Å². The number of aromatic nitrogens is 8. The van der Waals surface area contributed by atoms with Crippen LogP contribution >= 0.6 is 23.2 Å². The largest absolute Gasteiger partial charge is 0.322 e. The van der Waals surface area contributed by atoms with Crippen LogP contribution in [0.2, 0.25) is 10.0 Å². The van der Waals surface area contributed by atoms with Crippen molar-refractivity contribution in [3.8, 4) is 18.0 Å². The van der Waals surface area contributed by atoms with Crippen molar-refractivity contribution in [3.63, 3.8) is 0 Å². The van der Waals surface area contributed by atoms with Gasteiger partial charge in [0.15, 0.2) is 23.2 Å². The zero-order valence-corrected chi connectivity index (χ0v) is 28.1. The van der Waals surface area contributed by atoms with Crippen molar-refractivity contribution in [3.05, 3.63) is 88.5 Å². The van der Waals surface area contributed by atoms with Gasteiger partial charge in [0, 0.05) is 24.8 Å². The fourth-order valence-corrected chi connectivity index (χ4v) is 4.54. The maximum absolute atomic E-state index is 13.2. The molecule has 5 aromatic rings. The van der Waals surface area contributed by atoms with Gasteiger partial charge in [0.05, 0.1) is 40.4 Å². The quantitative estimate of drug-likeness (QED) is 0.100. The van der Waals surface area contributed by atoms with Crippen LogP contribution in [0.15, 0.2) is 81.9 Å². The van der Waals surface area contributed by atoms with Gasteiger partial charge in [-0.1, -0.05) is 23.2 Å². The number of amides is 2. The molecule has 1 aromatic carbocycles. The number of carbonyl (C=O) groups excluding carboxylic acids is 4. The van der Waals surface area contributed by atoms with Gasteiger partial charge in [0.1, 0.15) is 11.6 Å². The minimum absolute atomic E-state index is 0.0265. The predicted molar refractivity (Wildman–Crippen MR) is 181 cm³/mol. The molecule has 0 saturated heterocycles. The van der Waals surface area contributed by atoms with Crippen molar-refractivity contribution in [2.24, 2.45) is 20.5 Å². The van der Waals surface area contributed by atoms with Crippen molar-refractivity contribution in [2.45, 2.75) is 25.9 Å². The lowest BCUT2D eigenvalue weighted by Gasteiger charge is -2.15. The van der Waals surface area contributed by atoms with Gasteiger partial charge in [-0.3, -0.25) is 19.2 Å². The Balaban J connectivity index is 1.33. The maximum Gasteiger partial charge on any atom is 0.258 e. The van der Waals surface area contributed by atoms with E-state index in [4.69, 9.17) is 29.8 Å². The number of hydrogen-bond acceptors (Lipinski definition) is 15. The number of Topliss-reactive ketones (excluding diaryl/α,β-unsaturated/α-hetero) is 2. The Hall–Kier alpha value is -7.16. The summed E-state index contributed by atoms with van der Waals surface area (Å²) in [7, 11) is 0. The number of halogens is 2. The van der Waals surface area contributed by atoms with E-state index in [2.05, 4.69) is 66.1 Å². The van der Waals surface area contributed by atoms with Crippen molar-refractivity contribution < 1.29 is 19.2 Å². The van der Waals surface area contributed by atoms with E-state index in [-0.39, 0.29) is 56.2 Å². The molecule has 2 atom stereocenters. The van der Waals surface area contributed by atoms with E-state index in [1.165, 1.54) is 49.3 Å². The normalized spacial score (nSPS) is 12.2. The zero-order valence-electron chi connectivity index (χ0n) is 26.6. The van der Waals surface area contributed by atoms with Crippen LogP contribution < -0.4 is 10.6 Å². The summed E-state index contributed by atoms with van der Waals surface area (Å²) in [5.74, 6) is -3.43. The number of anilines is 2. The predicted octanol–water partition coefficient (Wildman–Crippen LogP) is 4.73. The Morgan fingerprint density at radius 1 is 0.788 bits per heavy atom. The lowest BCUT2D eigenvalue weighted by atomic mass is 10.2. The number of ketones is 2. The van der Waals surface area contributed by atoms with Crippen LogP contribution in [0.5, 0.6) is 0 Å². The highest BCUT2D eigenvalue weighted by molar-refractivity contribution is 6.38. The van der Waals surface area contributed by atoms with E-state index in [9.17, 15) is 24.4 Å². The summed E-state index contributed by atoms with van der Waals surface area (Å²) in [5, 5.41) is 37.8. The second-order valence-electron chi connectivity index (χ2n) is 10.1. The molecule has 0 spiro atoms. The van der Waals surface area contributed by atoms with E-state index >= 15 is 0 Å². The highest BCUT2D eigenvalue weighted by Crippen LogP contribution is 2.34. The highest BCUT2D eigenvalue weighted by atomic mass is 35.5. The van der Waals surface area contributed by atoms with Crippen LogP contribution in [0.25, 0.3) is 16.7 Å². The van der Waals surface area contributed by atoms with Crippen LogP contribution in [0.4, 0.5) is 28.7 Å². The number of benzene rings is 1. The SMILES string of the molecule is [C-]#[N+]c1cnn(-c2ncccn2)c1N=NC(C(C)=O)C(=O)Nc1cc(Cl)c(NC(=O)C(N=Nc2c(C#N)cnn2-c2ncccn2)C(C)=O)cc1Cl. The van der Waals surface area contributed by atoms with Gasteiger partial charge in [-0.05, 0) is 38.1 Å². The van der Waals surface area contributed by atoms with Crippen LogP contribution in [0, 0.1) is 17.9 Å². The summed E-state index contributed by atoms with van der Waals surface area (Å²) < 4.78 is 2.23. The standard InChI is InChI=1S/C30H20Cl2N16O4/c1-15(49)23(43-45-25-17(12-33)13-39-47(25)29-35-6-4-7-36-29)27(51)41-20-10-19(32)21(11-18(20)31)42-28(52)24(16(2)50)44-46-26-22(34-3)14-40-48(26)30-37-8-5-9-38-30/h4-11,13-14,23-24H,1-2H3,(H,41,51)(H,42,52). The molecular formula is C30H20Cl2N16O4. The Labute approximate surface area is 302 Å². The molecule has 4 aromatic heterocycles. The molecule has 0 bridgehead atoms. The lowest BCUT2D eigenvalue weighted by Crippen LogP contribution is -2.32. The van der Waals surface area contributed by atoms with Crippen LogP contribution in [0.3, 0.4) is 0 Å². The molecule has 2 N–H and O–H groups in total. The number of nitriles is 1. The first kappa shape index (κ1) is 36.1. The number of nitrogens with zero attached hydrogens (tertiary/aromatic N) is 14. The topological polar surface area (TPSA) is 257 Å². The van der Waals surface area contributed by atoms with Crippen LogP contribution in [-0.2, 0) is 19.2 Å². The first-order valence-electron chi connectivity index (χ1n) is 14.4. The molecule has 0 aliphatic carbocycles. The van der Waals surface area contributed by atoms with Gasteiger partial charge < -0.3 is 10.6 Å². The van der Waals surface area contributed by atoms with Gasteiger partial charge in [-0.15, -0.1) is 10.2 Å². The van der Waals surface area contributed by atoms with E-state index in [0.717, 1.165) is 23.2 Å². The Bertz CT molecular complexity index is 2160. The van der Waals surface area contributed by atoms with Gasteiger partial charge in [0.25, 0.3) is 29.4 Å². The fourth-order valence-electron chi connectivity index (χ4n) is 4.12. The minimum Gasteiger partial charge on any atom is -0.322 e. The third-order valence-electron chi connectivity index (χ3n) is 6.57. The molecule has 258 valence electrons. The average molecular weight is 740 g/mol. The second-order valence-corrected chi connectivity index (χ2v) is 10.9. The first-order valence-corrected chi connectivity index (χ1v) is 15.2. The summed E-state index contributed by atoms with van der Waals surface area (Å²) in [5.41, 5.74) is -0.201. The molecule has 20 nitrogen and oxygen atoms in total. The molecule has 0 fully saturated rings. The van der Waals surface area contributed by atoms with Crippen LogP contribution in [-0.4, -0.2) is 75.0 Å². The summed E-state index contributed by atoms with van der Waals surface area (Å²) in [6.45, 7) is 9.61. The van der Waals surface area contributed by atoms with E-state index in [1.54, 1.807) is 12.1 Å². The summed E-state index contributed by atoms with van der Waals surface area (Å²) in [6, 6.07) is 4.01. The first-order chi connectivity index (χ1) is 25.0. The summed E-state index contributed by atoms with van der Waals surface area (Å²) >= 11 is 12.8. The third-order valence-corrected chi connectivity index (χ3v) is 7.19. The number of nitrogens with one attached hydrogen (secondary N) is 2. The average Bonchev–Trinajstić information content (AvgIpc) is 3.74. The molecule has 0 saturated carbocycles. The van der Waals surface area contributed by atoms with Crippen molar-refractivity contribution >= 4 is 75.3 Å². The molecule has 4 heterocycles. The molecule has 5 rings (SSSR count). The Kier molecular flexibility index (Phi) is 11.1. The molecular weight excluding hydrogens is 719 g/mol. The fraction of sp³-hybridized carbons (Fsp3) is 0.133. The zero-order chi connectivity index (χ0) is 37.4. The van der Waals surface area contributed by atoms with E-state index in [1.807, 2.05) is 6.07 Å². The summed E-state index contributed by atoms with van der Waals surface area (Å²) in [4.78, 5) is 70.8. The van der Waals surface area contributed by atoms with E-state index < -0.39 is 35.5 Å². The van der Waals surface area contributed by atoms with Crippen molar-refractivity contribution in [1.29, 1.82) is 5.26 Å². The molecule has 2 unspecified atom stereocenters.